The number of likely N-dealkylation sites (N-methyl/N-ethyl adjacent to an activating group) is 1. The summed E-state index contributed by atoms with van der Waals surface area (Å²) in [5, 5.41) is 3.47. The largest absolute Gasteiger partial charge is 0.312 e. The van der Waals surface area contributed by atoms with E-state index in [0.717, 1.165) is 5.92 Å². The Morgan fingerprint density at radius 1 is 1.29 bits per heavy atom. The van der Waals surface area contributed by atoms with Crippen LogP contribution < -0.4 is 5.32 Å². The lowest BCUT2D eigenvalue weighted by atomic mass is 9.99. The molecule has 94 valence electrons. The predicted molar refractivity (Wildman–Crippen MR) is 73.1 cm³/mol. The lowest BCUT2D eigenvalue weighted by Crippen LogP contribution is -2.40. The fourth-order valence-electron chi connectivity index (χ4n) is 2.90. The van der Waals surface area contributed by atoms with Crippen LogP contribution in [0.2, 0.25) is 0 Å². The fourth-order valence-corrected chi connectivity index (χ4v) is 2.90. The highest BCUT2D eigenvalue weighted by Crippen LogP contribution is 2.25. The van der Waals surface area contributed by atoms with Gasteiger partial charge in [-0.15, -0.1) is 0 Å². The zero-order valence-corrected chi connectivity index (χ0v) is 11.2. The molecule has 1 aliphatic heterocycles. The van der Waals surface area contributed by atoms with Crippen molar-refractivity contribution in [2.24, 2.45) is 5.92 Å². The quantitative estimate of drug-likeness (QED) is 0.858. The minimum absolute atomic E-state index is 0.432. The maximum Gasteiger partial charge on any atom is 0.0473 e. The molecule has 1 fully saturated rings. The van der Waals surface area contributed by atoms with Crippen molar-refractivity contribution in [3.8, 4) is 0 Å². The van der Waals surface area contributed by atoms with Crippen molar-refractivity contribution >= 4 is 0 Å². The Kier molecular flexibility index (Phi) is 4.19. The van der Waals surface area contributed by atoms with Crippen molar-refractivity contribution in [1.29, 1.82) is 0 Å². The van der Waals surface area contributed by atoms with Crippen LogP contribution in [0.3, 0.4) is 0 Å². The van der Waals surface area contributed by atoms with Gasteiger partial charge < -0.3 is 5.32 Å². The van der Waals surface area contributed by atoms with Crippen LogP contribution in [0.4, 0.5) is 0 Å². The topological polar surface area (TPSA) is 15.3 Å². The van der Waals surface area contributed by atoms with Crippen LogP contribution in [-0.2, 0) is 0 Å². The SMILES string of the molecule is CNC(c1ccccc1)C(C)N1CCC(C)C1. The van der Waals surface area contributed by atoms with Crippen LogP contribution in [-0.4, -0.2) is 31.1 Å². The second kappa shape index (κ2) is 5.65. The Bertz CT molecular complexity index is 336. The molecular weight excluding hydrogens is 208 g/mol. The summed E-state index contributed by atoms with van der Waals surface area (Å²) in [4.78, 5) is 2.61. The van der Waals surface area contributed by atoms with Crippen LogP contribution in [0.25, 0.3) is 0 Å². The third kappa shape index (κ3) is 2.88. The Hall–Kier alpha value is -0.860. The van der Waals surface area contributed by atoms with Gasteiger partial charge in [0.25, 0.3) is 0 Å². The first-order chi connectivity index (χ1) is 8.22. The third-order valence-electron chi connectivity index (χ3n) is 3.98. The Labute approximate surface area is 105 Å². The molecule has 2 nitrogen and oxygen atoms in total. The summed E-state index contributed by atoms with van der Waals surface area (Å²) in [5.74, 6) is 0.853. The van der Waals surface area contributed by atoms with Crippen molar-refractivity contribution in [2.45, 2.75) is 32.4 Å². The fraction of sp³-hybridized carbons (Fsp3) is 0.600. The second-order valence-corrected chi connectivity index (χ2v) is 5.31. The van der Waals surface area contributed by atoms with Gasteiger partial charge >= 0.3 is 0 Å². The molecule has 2 heteroatoms. The van der Waals surface area contributed by atoms with E-state index in [0.29, 0.717) is 12.1 Å². The lowest BCUT2D eigenvalue weighted by Gasteiger charge is -2.32. The number of nitrogens with one attached hydrogen (secondary N) is 1. The van der Waals surface area contributed by atoms with Crippen LogP contribution in [0.5, 0.6) is 0 Å². The van der Waals surface area contributed by atoms with Crippen molar-refractivity contribution < 1.29 is 0 Å². The highest BCUT2D eigenvalue weighted by atomic mass is 15.2. The molecule has 1 aromatic rings. The summed E-state index contributed by atoms with van der Waals surface area (Å²) < 4.78 is 0. The molecule has 17 heavy (non-hydrogen) atoms. The first-order valence-electron chi connectivity index (χ1n) is 6.68. The number of likely N-dealkylation sites (tertiary alicyclic amines) is 1. The molecule has 3 unspecified atom stereocenters. The average molecular weight is 232 g/mol. The van der Waals surface area contributed by atoms with E-state index in [2.05, 4.69) is 61.4 Å². The van der Waals surface area contributed by atoms with Crippen LogP contribution in [0.1, 0.15) is 31.9 Å². The third-order valence-corrected chi connectivity index (χ3v) is 3.98. The number of hydrogen-bond donors (Lipinski definition) is 1. The molecule has 0 spiro atoms. The molecule has 1 aromatic carbocycles. The summed E-state index contributed by atoms with van der Waals surface area (Å²) in [6, 6.07) is 11.8. The Morgan fingerprint density at radius 3 is 2.53 bits per heavy atom. The van der Waals surface area contributed by atoms with Gasteiger partial charge in [-0.2, -0.15) is 0 Å². The van der Waals surface area contributed by atoms with Gasteiger partial charge in [0.2, 0.25) is 0 Å². The minimum atomic E-state index is 0.432. The van der Waals surface area contributed by atoms with Crippen LogP contribution in [0.15, 0.2) is 30.3 Å². The summed E-state index contributed by atoms with van der Waals surface area (Å²) in [6.07, 6.45) is 1.34. The van der Waals surface area contributed by atoms with E-state index in [4.69, 9.17) is 0 Å². The van der Waals surface area contributed by atoms with Gasteiger partial charge in [-0.05, 0) is 38.4 Å². The second-order valence-electron chi connectivity index (χ2n) is 5.31. The van der Waals surface area contributed by atoms with Crippen molar-refractivity contribution in [1.82, 2.24) is 10.2 Å². The number of rotatable bonds is 4. The highest BCUT2D eigenvalue weighted by Gasteiger charge is 2.28. The van der Waals surface area contributed by atoms with Gasteiger partial charge in [0, 0.05) is 18.6 Å². The summed E-state index contributed by atoms with van der Waals surface area (Å²) in [6.45, 7) is 7.18. The molecule has 1 heterocycles. The molecule has 1 aliphatic rings. The molecule has 1 N–H and O–H groups in total. The first-order valence-corrected chi connectivity index (χ1v) is 6.68. The van der Waals surface area contributed by atoms with Crippen molar-refractivity contribution in [3.05, 3.63) is 35.9 Å². The summed E-state index contributed by atoms with van der Waals surface area (Å²) in [5.41, 5.74) is 1.39. The van der Waals surface area contributed by atoms with Crippen molar-refractivity contribution in [3.63, 3.8) is 0 Å². The van der Waals surface area contributed by atoms with E-state index in [-0.39, 0.29) is 0 Å². The Balaban J connectivity index is 2.08. The molecule has 3 atom stereocenters. The maximum absolute atomic E-state index is 3.47. The van der Waals surface area contributed by atoms with E-state index in [9.17, 15) is 0 Å². The first kappa shape index (κ1) is 12.6. The average Bonchev–Trinajstić information content (AvgIpc) is 2.78. The molecule has 2 rings (SSSR count). The van der Waals surface area contributed by atoms with Crippen molar-refractivity contribution in [2.75, 3.05) is 20.1 Å². The molecule has 0 aromatic heterocycles. The van der Waals surface area contributed by atoms with Gasteiger partial charge in [0.15, 0.2) is 0 Å². The van der Waals surface area contributed by atoms with E-state index in [1.165, 1.54) is 25.1 Å². The predicted octanol–water partition coefficient (Wildman–Crippen LogP) is 2.68. The zero-order valence-electron chi connectivity index (χ0n) is 11.2. The standard InChI is InChI=1S/C15H24N2/c1-12-9-10-17(11-12)13(2)15(16-3)14-7-5-4-6-8-14/h4-8,12-13,15-16H,9-11H2,1-3H3. The number of benzene rings is 1. The molecule has 0 saturated carbocycles. The molecule has 1 saturated heterocycles. The summed E-state index contributed by atoms with van der Waals surface area (Å²) >= 11 is 0. The van der Waals surface area contributed by atoms with Gasteiger partial charge in [-0.1, -0.05) is 37.3 Å². The monoisotopic (exact) mass is 232 g/mol. The van der Waals surface area contributed by atoms with Gasteiger partial charge in [-0.3, -0.25) is 4.90 Å². The number of hydrogen-bond acceptors (Lipinski definition) is 2. The van der Waals surface area contributed by atoms with E-state index < -0.39 is 0 Å². The lowest BCUT2D eigenvalue weighted by molar-refractivity contribution is 0.206. The molecule has 0 aliphatic carbocycles. The van der Waals surface area contributed by atoms with Gasteiger partial charge in [-0.25, -0.2) is 0 Å². The van der Waals surface area contributed by atoms with E-state index in [1.807, 2.05) is 0 Å². The molecule has 0 bridgehead atoms. The maximum atomic E-state index is 3.47. The van der Waals surface area contributed by atoms with Crippen LogP contribution in [0, 0.1) is 5.92 Å². The molecule has 0 amide bonds. The number of nitrogens with zero attached hydrogens (tertiary/aromatic N) is 1. The van der Waals surface area contributed by atoms with Gasteiger partial charge in [0.05, 0.1) is 0 Å². The molecule has 0 radical (unpaired) electrons. The smallest absolute Gasteiger partial charge is 0.0473 e. The highest BCUT2D eigenvalue weighted by molar-refractivity contribution is 5.20. The molecular formula is C15H24N2. The summed E-state index contributed by atoms with van der Waals surface area (Å²) in [7, 11) is 2.06. The van der Waals surface area contributed by atoms with Crippen LogP contribution >= 0.6 is 0 Å². The van der Waals surface area contributed by atoms with E-state index in [1.54, 1.807) is 0 Å². The minimum Gasteiger partial charge on any atom is -0.312 e. The van der Waals surface area contributed by atoms with E-state index >= 15 is 0 Å². The van der Waals surface area contributed by atoms with Gasteiger partial charge in [0.1, 0.15) is 0 Å². The zero-order chi connectivity index (χ0) is 12.3. The Morgan fingerprint density at radius 2 is 2.00 bits per heavy atom. The normalized spacial score (nSPS) is 24.8.